The fourth-order valence-corrected chi connectivity index (χ4v) is 2.54. The molecule has 2 rings (SSSR count). The molecule has 2 atom stereocenters. The summed E-state index contributed by atoms with van der Waals surface area (Å²) in [7, 11) is 0. The van der Waals surface area contributed by atoms with Crippen molar-refractivity contribution in [3.05, 3.63) is 23.8 Å². The van der Waals surface area contributed by atoms with E-state index in [4.69, 9.17) is 21.1 Å². The number of carbonyl (C=O) groups is 2. The van der Waals surface area contributed by atoms with Crippen LogP contribution < -0.4 is 10.1 Å². The Hall–Kier alpha value is -1.59. The summed E-state index contributed by atoms with van der Waals surface area (Å²) >= 11 is 6.01. The van der Waals surface area contributed by atoms with Crippen LogP contribution in [-0.4, -0.2) is 36.4 Å². The molecule has 1 aromatic rings. The molecule has 1 N–H and O–H groups in total. The number of Topliss-reactive ketones (excluding diaryl/α,β-unsaturated/α-hetero) is 1. The summed E-state index contributed by atoms with van der Waals surface area (Å²) in [6.07, 6.45) is 1.74. The van der Waals surface area contributed by atoms with Crippen molar-refractivity contribution in [3.8, 4) is 5.75 Å². The summed E-state index contributed by atoms with van der Waals surface area (Å²) in [5.41, 5.74) is 1.01. The lowest BCUT2D eigenvalue weighted by Gasteiger charge is -2.15. The Morgan fingerprint density at radius 1 is 1.43 bits per heavy atom. The predicted octanol–water partition coefficient (Wildman–Crippen LogP) is 3.40. The number of nitrogens with one attached hydrogen (secondary N) is 1. The van der Waals surface area contributed by atoms with Gasteiger partial charge in [-0.15, -0.1) is 11.6 Å². The number of alkyl halides is 1. The average Bonchev–Trinajstić information content (AvgIpc) is 3.09. The van der Waals surface area contributed by atoms with E-state index in [9.17, 15) is 9.59 Å². The van der Waals surface area contributed by atoms with Gasteiger partial charge in [0.1, 0.15) is 11.9 Å². The number of ether oxygens (including phenoxy) is 2. The first kappa shape index (κ1) is 17.8. The molecule has 1 aliphatic rings. The molecule has 2 unspecified atom stereocenters. The lowest BCUT2D eigenvalue weighted by Crippen LogP contribution is -2.27. The third kappa shape index (κ3) is 4.45. The maximum Gasteiger partial charge on any atom is 0.253 e. The summed E-state index contributed by atoms with van der Waals surface area (Å²) in [4.78, 5) is 24.3. The predicted molar refractivity (Wildman–Crippen MR) is 89.5 cm³/mol. The molecule has 0 spiro atoms. The first-order valence-electron chi connectivity index (χ1n) is 7.94. The standard InChI is InChI=1S/C17H22ClNO4/c1-3-12(18)16(20)11-7-8-13(15(10-11)22-4-2)19-17(21)14-6-5-9-23-14/h7-8,10,12,14H,3-6,9H2,1-2H3,(H,19,21). The van der Waals surface area contributed by atoms with Gasteiger partial charge in [-0.25, -0.2) is 0 Å². The molecule has 0 bridgehead atoms. The zero-order valence-electron chi connectivity index (χ0n) is 13.4. The highest BCUT2D eigenvalue weighted by molar-refractivity contribution is 6.33. The van der Waals surface area contributed by atoms with Crippen LogP contribution in [0.5, 0.6) is 5.75 Å². The van der Waals surface area contributed by atoms with Gasteiger partial charge in [-0.3, -0.25) is 9.59 Å². The summed E-state index contributed by atoms with van der Waals surface area (Å²) in [6, 6.07) is 4.95. The molecule has 23 heavy (non-hydrogen) atoms. The third-order valence-corrected chi connectivity index (χ3v) is 4.20. The molecule has 1 heterocycles. The molecule has 6 heteroatoms. The van der Waals surface area contributed by atoms with Gasteiger partial charge in [-0.1, -0.05) is 6.92 Å². The lowest BCUT2D eigenvalue weighted by molar-refractivity contribution is -0.124. The van der Waals surface area contributed by atoms with Crippen LogP contribution in [0.2, 0.25) is 0 Å². The van der Waals surface area contributed by atoms with Gasteiger partial charge < -0.3 is 14.8 Å². The van der Waals surface area contributed by atoms with Gasteiger partial charge in [-0.2, -0.15) is 0 Å². The van der Waals surface area contributed by atoms with Crippen LogP contribution in [0.4, 0.5) is 5.69 Å². The van der Waals surface area contributed by atoms with E-state index >= 15 is 0 Å². The van der Waals surface area contributed by atoms with Crippen LogP contribution >= 0.6 is 11.6 Å². The third-order valence-electron chi connectivity index (χ3n) is 3.69. The van der Waals surface area contributed by atoms with Gasteiger partial charge in [0.25, 0.3) is 5.91 Å². The minimum atomic E-state index is -0.559. The maximum atomic E-state index is 12.2. The maximum absolute atomic E-state index is 12.2. The minimum absolute atomic E-state index is 0.146. The Labute approximate surface area is 141 Å². The SMILES string of the molecule is CCOc1cc(C(=O)C(Cl)CC)ccc1NC(=O)C1CCCO1. The van der Waals surface area contributed by atoms with Crippen molar-refractivity contribution >= 4 is 29.0 Å². The fraction of sp³-hybridized carbons (Fsp3) is 0.529. The van der Waals surface area contributed by atoms with Crippen molar-refractivity contribution in [3.63, 3.8) is 0 Å². The van der Waals surface area contributed by atoms with E-state index in [2.05, 4.69) is 5.32 Å². The number of carbonyl (C=O) groups excluding carboxylic acids is 2. The molecular weight excluding hydrogens is 318 g/mol. The normalized spacial score (nSPS) is 18.5. The molecule has 1 saturated heterocycles. The summed E-state index contributed by atoms with van der Waals surface area (Å²) in [5, 5.41) is 2.25. The first-order valence-corrected chi connectivity index (χ1v) is 8.38. The van der Waals surface area contributed by atoms with Crippen LogP contribution in [0.3, 0.4) is 0 Å². The minimum Gasteiger partial charge on any atom is -0.492 e. The van der Waals surface area contributed by atoms with E-state index in [-0.39, 0.29) is 11.7 Å². The van der Waals surface area contributed by atoms with E-state index in [1.54, 1.807) is 18.2 Å². The number of benzene rings is 1. The van der Waals surface area contributed by atoms with Crippen molar-refractivity contribution < 1.29 is 19.1 Å². The lowest BCUT2D eigenvalue weighted by atomic mass is 10.1. The van der Waals surface area contributed by atoms with Crippen LogP contribution in [0.1, 0.15) is 43.5 Å². The smallest absolute Gasteiger partial charge is 0.253 e. The molecule has 1 aromatic carbocycles. The number of anilines is 1. The second-order valence-electron chi connectivity index (χ2n) is 5.37. The van der Waals surface area contributed by atoms with E-state index < -0.39 is 11.5 Å². The van der Waals surface area contributed by atoms with Gasteiger partial charge in [0, 0.05) is 12.2 Å². The Balaban J connectivity index is 2.18. The zero-order chi connectivity index (χ0) is 16.8. The quantitative estimate of drug-likeness (QED) is 0.610. The van der Waals surface area contributed by atoms with Gasteiger partial charge in [0.05, 0.1) is 17.7 Å². The molecule has 1 amide bonds. The van der Waals surface area contributed by atoms with Gasteiger partial charge in [-0.05, 0) is 44.4 Å². The Bertz CT molecular complexity index is 570. The molecule has 0 radical (unpaired) electrons. The van der Waals surface area contributed by atoms with Crippen LogP contribution in [0.25, 0.3) is 0 Å². The summed E-state index contributed by atoms with van der Waals surface area (Å²) in [5.74, 6) is 0.128. The van der Waals surface area contributed by atoms with Crippen molar-refractivity contribution in [1.29, 1.82) is 0 Å². The zero-order valence-corrected chi connectivity index (χ0v) is 14.2. The fourth-order valence-electron chi connectivity index (χ4n) is 2.42. The number of ketones is 1. The molecule has 0 aliphatic carbocycles. The highest BCUT2D eigenvalue weighted by Crippen LogP contribution is 2.28. The molecule has 1 aliphatic heterocycles. The molecule has 1 fully saturated rings. The number of amides is 1. The molecule has 126 valence electrons. The second kappa shape index (κ2) is 8.31. The highest BCUT2D eigenvalue weighted by Gasteiger charge is 2.25. The van der Waals surface area contributed by atoms with Crippen molar-refractivity contribution in [2.24, 2.45) is 0 Å². The monoisotopic (exact) mass is 339 g/mol. The number of hydrogen-bond donors (Lipinski definition) is 1. The van der Waals surface area contributed by atoms with E-state index in [0.29, 0.717) is 36.6 Å². The first-order chi connectivity index (χ1) is 11.1. The Morgan fingerprint density at radius 3 is 2.83 bits per heavy atom. The topological polar surface area (TPSA) is 64.6 Å². The number of rotatable bonds is 7. The number of hydrogen-bond acceptors (Lipinski definition) is 4. The van der Waals surface area contributed by atoms with Gasteiger partial charge in [0.2, 0.25) is 0 Å². The van der Waals surface area contributed by atoms with E-state index in [1.165, 1.54) is 0 Å². The molecule has 5 nitrogen and oxygen atoms in total. The van der Waals surface area contributed by atoms with Crippen molar-refractivity contribution in [2.45, 2.75) is 44.6 Å². The Kier molecular flexibility index (Phi) is 6.42. The van der Waals surface area contributed by atoms with Gasteiger partial charge in [0.15, 0.2) is 5.78 Å². The number of halogens is 1. The van der Waals surface area contributed by atoms with E-state index in [1.807, 2.05) is 13.8 Å². The van der Waals surface area contributed by atoms with Crippen molar-refractivity contribution in [2.75, 3.05) is 18.5 Å². The molecule has 0 aromatic heterocycles. The Morgan fingerprint density at radius 2 is 2.22 bits per heavy atom. The summed E-state index contributed by atoms with van der Waals surface area (Å²) in [6.45, 7) is 4.74. The van der Waals surface area contributed by atoms with Crippen molar-refractivity contribution in [1.82, 2.24) is 0 Å². The summed E-state index contributed by atoms with van der Waals surface area (Å²) < 4.78 is 10.9. The second-order valence-corrected chi connectivity index (χ2v) is 5.90. The van der Waals surface area contributed by atoms with E-state index in [0.717, 1.165) is 12.8 Å². The molecule has 0 saturated carbocycles. The average molecular weight is 340 g/mol. The highest BCUT2D eigenvalue weighted by atomic mass is 35.5. The van der Waals surface area contributed by atoms with Crippen LogP contribution in [0.15, 0.2) is 18.2 Å². The van der Waals surface area contributed by atoms with Gasteiger partial charge >= 0.3 is 0 Å². The van der Waals surface area contributed by atoms with Crippen LogP contribution in [-0.2, 0) is 9.53 Å². The van der Waals surface area contributed by atoms with Crippen LogP contribution in [0, 0.1) is 0 Å². The largest absolute Gasteiger partial charge is 0.492 e. The molecular formula is C17H22ClNO4.